The van der Waals surface area contributed by atoms with Gasteiger partial charge in [-0.2, -0.15) is 0 Å². The largest absolute Gasteiger partial charge is 0.356 e. The van der Waals surface area contributed by atoms with Gasteiger partial charge in [0.15, 0.2) is 5.96 Å². The van der Waals surface area contributed by atoms with Gasteiger partial charge < -0.3 is 15.5 Å². The van der Waals surface area contributed by atoms with Crippen molar-refractivity contribution in [1.29, 1.82) is 0 Å². The molecule has 0 spiro atoms. The quantitative estimate of drug-likeness (QED) is 0.769. The van der Waals surface area contributed by atoms with E-state index in [4.69, 9.17) is 0 Å². The van der Waals surface area contributed by atoms with Crippen LogP contribution in [0.4, 0.5) is 0 Å². The zero-order valence-electron chi connectivity index (χ0n) is 11.4. The van der Waals surface area contributed by atoms with Gasteiger partial charge in [0.05, 0.1) is 6.54 Å². The van der Waals surface area contributed by atoms with Crippen LogP contribution in [0.5, 0.6) is 0 Å². The second-order valence-corrected chi connectivity index (χ2v) is 6.24. The summed E-state index contributed by atoms with van der Waals surface area (Å²) in [6.07, 6.45) is 2.74. The molecular weight excluding hydrogens is 212 g/mol. The molecule has 0 aromatic carbocycles. The van der Waals surface area contributed by atoms with Crippen LogP contribution in [0.3, 0.4) is 0 Å². The molecule has 1 saturated heterocycles. The molecule has 17 heavy (non-hydrogen) atoms. The van der Waals surface area contributed by atoms with Gasteiger partial charge in [-0.3, -0.25) is 4.99 Å². The number of aliphatic imine (C=N–C) groups is 1. The fourth-order valence-electron chi connectivity index (χ4n) is 2.58. The Balaban J connectivity index is 1.72. The van der Waals surface area contributed by atoms with Crippen molar-refractivity contribution in [2.24, 2.45) is 10.4 Å². The Labute approximate surface area is 105 Å². The minimum Gasteiger partial charge on any atom is -0.356 e. The molecule has 98 valence electrons. The normalized spacial score (nSPS) is 25.8. The summed E-state index contributed by atoms with van der Waals surface area (Å²) >= 11 is 0. The van der Waals surface area contributed by atoms with Gasteiger partial charge in [-0.1, -0.05) is 13.8 Å². The van der Waals surface area contributed by atoms with E-state index in [1.807, 2.05) is 0 Å². The predicted molar refractivity (Wildman–Crippen MR) is 72.4 cm³/mol. The number of nitrogens with zero attached hydrogens (tertiary/aromatic N) is 2. The summed E-state index contributed by atoms with van der Waals surface area (Å²) in [7, 11) is 0. The van der Waals surface area contributed by atoms with E-state index in [1.54, 1.807) is 0 Å². The molecule has 2 heterocycles. The van der Waals surface area contributed by atoms with Crippen LogP contribution in [0.25, 0.3) is 0 Å². The SMILES string of the molecule is CC1CN=C(NCC(C)(C)CN2CCCC2)N1. The Kier molecular flexibility index (Phi) is 3.92. The van der Waals surface area contributed by atoms with Crippen LogP contribution >= 0.6 is 0 Å². The summed E-state index contributed by atoms with van der Waals surface area (Å²) < 4.78 is 0. The number of guanidine groups is 1. The van der Waals surface area contributed by atoms with E-state index in [2.05, 4.69) is 41.3 Å². The average molecular weight is 238 g/mol. The van der Waals surface area contributed by atoms with Crippen LogP contribution in [0.1, 0.15) is 33.6 Å². The van der Waals surface area contributed by atoms with E-state index in [0.717, 1.165) is 19.0 Å². The lowest BCUT2D eigenvalue weighted by molar-refractivity contribution is 0.210. The molecule has 2 rings (SSSR count). The molecule has 0 bridgehead atoms. The Morgan fingerprint density at radius 2 is 2.12 bits per heavy atom. The summed E-state index contributed by atoms with van der Waals surface area (Å²) in [6, 6.07) is 0.485. The molecule has 0 radical (unpaired) electrons. The molecule has 0 saturated carbocycles. The number of rotatable bonds is 4. The molecule has 0 aromatic rings. The monoisotopic (exact) mass is 238 g/mol. The van der Waals surface area contributed by atoms with Crippen molar-refractivity contribution in [3.05, 3.63) is 0 Å². The summed E-state index contributed by atoms with van der Waals surface area (Å²) in [5.74, 6) is 0.979. The van der Waals surface area contributed by atoms with Gasteiger partial charge in [-0.05, 0) is 38.3 Å². The highest BCUT2D eigenvalue weighted by molar-refractivity contribution is 5.81. The topological polar surface area (TPSA) is 39.7 Å². The Hall–Kier alpha value is -0.770. The molecule has 0 amide bonds. The van der Waals surface area contributed by atoms with Crippen LogP contribution in [0.15, 0.2) is 4.99 Å². The van der Waals surface area contributed by atoms with Crippen molar-refractivity contribution in [2.45, 2.75) is 39.7 Å². The van der Waals surface area contributed by atoms with E-state index >= 15 is 0 Å². The lowest BCUT2D eigenvalue weighted by atomic mass is 9.93. The summed E-state index contributed by atoms with van der Waals surface area (Å²) in [4.78, 5) is 7.01. The highest BCUT2D eigenvalue weighted by Gasteiger charge is 2.24. The van der Waals surface area contributed by atoms with E-state index in [0.29, 0.717) is 11.5 Å². The minimum absolute atomic E-state index is 0.306. The first-order valence-corrected chi connectivity index (χ1v) is 6.82. The van der Waals surface area contributed by atoms with Crippen LogP contribution in [-0.2, 0) is 0 Å². The number of hydrogen-bond acceptors (Lipinski definition) is 4. The first kappa shape index (κ1) is 12.7. The standard InChI is InChI=1S/C13H26N4/c1-11-8-14-12(16-11)15-9-13(2,3)10-17-6-4-5-7-17/h11H,4-10H2,1-3H3,(H2,14,15,16). The molecule has 2 aliphatic rings. The molecule has 1 fully saturated rings. The summed E-state index contributed by atoms with van der Waals surface area (Å²) in [5, 5.41) is 6.78. The van der Waals surface area contributed by atoms with Gasteiger partial charge in [0.25, 0.3) is 0 Å². The number of likely N-dealkylation sites (tertiary alicyclic amines) is 1. The van der Waals surface area contributed by atoms with Crippen LogP contribution < -0.4 is 10.6 Å². The number of nitrogens with one attached hydrogen (secondary N) is 2. The van der Waals surface area contributed by atoms with Crippen LogP contribution in [-0.4, -0.2) is 49.6 Å². The molecule has 0 aromatic heterocycles. The number of hydrogen-bond donors (Lipinski definition) is 2. The van der Waals surface area contributed by atoms with Crippen molar-refractivity contribution in [2.75, 3.05) is 32.7 Å². The van der Waals surface area contributed by atoms with E-state index in [1.165, 1.54) is 32.5 Å². The third-order valence-electron chi connectivity index (χ3n) is 3.49. The van der Waals surface area contributed by atoms with Gasteiger partial charge in [0, 0.05) is 19.1 Å². The maximum absolute atomic E-state index is 4.43. The molecule has 0 aliphatic carbocycles. The molecule has 4 nitrogen and oxygen atoms in total. The third kappa shape index (κ3) is 3.87. The second-order valence-electron chi connectivity index (χ2n) is 6.24. The van der Waals surface area contributed by atoms with E-state index in [9.17, 15) is 0 Å². The summed E-state index contributed by atoms with van der Waals surface area (Å²) in [5.41, 5.74) is 0.306. The maximum atomic E-state index is 4.43. The predicted octanol–water partition coefficient (Wildman–Crippen LogP) is 1.05. The van der Waals surface area contributed by atoms with Crippen molar-refractivity contribution >= 4 is 5.96 Å². The fourth-order valence-corrected chi connectivity index (χ4v) is 2.58. The molecule has 1 atom stereocenters. The first-order valence-electron chi connectivity index (χ1n) is 6.82. The Bertz CT molecular complexity index is 279. The molecule has 1 unspecified atom stereocenters. The lowest BCUT2D eigenvalue weighted by Crippen LogP contribution is -2.45. The van der Waals surface area contributed by atoms with Crippen molar-refractivity contribution < 1.29 is 0 Å². The Morgan fingerprint density at radius 1 is 1.41 bits per heavy atom. The maximum Gasteiger partial charge on any atom is 0.191 e. The summed E-state index contributed by atoms with van der Waals surface area (Å²) in [6.45, 7) is 12.4. The molecule has 2 N–H and O–H groups in total. The van der Waals surface area contributed by atoms with Gasteiger partial charge in [-0.25, -0.2) is 0 Å². The van der Waals surface area contributed by atoms with Crippen LogP contribution in [0.2, 0.25) is 0 Å². The zero-order chi connectivity index (χ0) is 12.3. The fraction of sp³-hybridized carbons (Fsp3) is 0.923. The second kappa shape index (κ2) is 5.25. The smallest absolute Gasteiger partial charge is 0.191 e. The molecule has 4 heteroatoms. The lowest BCUT2D eigenvalue weighted by Gasteiger charge is -2.30. The van der Waals surface area contributed by atoms with Crippen molar-refractivity contribution in [3.8, 4) is 0 Å². The third-order valence-corrected chi connectivity index (χ3v) is 3.49. The first-order chi connectivity index (χ1) is 8.05. The molecular formula is C13H26N4. The van der Waals surface area contributed by atoms with Gasteiger partial charge in [0.1, 0.15) is 0 Å². The van der Waals surface area contributed by atoms with Crippen LogP contribution in [0, 0.1) is 5.41 Å². The Morgan fingerprint density at radius 3 is 2.71 bits per heavy atom. The van der Waals surface area contributed by atoms with Gasteiger partial charge in [-0.15, -0.1) is 0 Å². The van der Waals surface area contributed by atoms with Crippen molar-refractivity contribution in [3.63, 3.8) is 0 Å². The highest BCUT2D eigenvalue weighted by Crippen LogP contribution is 2.19. The van der Waals surface area contributed by atoms with Gasteiger partial charge in [0.2, 0.25) is 0 Å². The van der Waals surface area contributed by atoms with Crippen molar-refractivity contribution in [1.82, 2.24) is 15.5 Å². The highest BCUT2D eigenvalue weighted by atomic mass is 15.2. The molecule has 2 aliphatic heterocycles. The van der Waals surface area contributed by atoms with E-state index < -0.39 is 0 Å². The van der Waals surface area contributed by atoms with E-state index in [-0.39, 0.29) is 0 Å². The minimum atomic E-state index is 0.306. The average Bonchev–Trinajstić information content (AvgIpc) is 2.86. The zero-order valence-corrected chi connectivity index (χ0v) is 11.4. The van der Waals surface area contributed by atoms with Gasteiger partial charge >= 0.3 is 0 Å².